The van der Waals surface area contributed by atoms with E-state index in [0.717, 1.165) is 36.9 Å². The van der Waals surface area contributed by atoms with Crippen LogP contribution in [0.15, 0.2) is 18.2 Å². The van der Waals surface area contributed by atoms with Gasteiger partial charge in [-0.25, -0.2) is 0 Å². The Bertz CT molecular complexity index is 514. The Labute approximate surface area is 120 Å². The number of nitrogens with zero attached hydrogens (tertiary/aromatic N) is 2. The number of hydrogen-bond acceptors (Lipinski definition) is 4. The lowest BCUT2D eigenvalue weighted by molar-refractivity contribution is 0.0558. The first kappa shape index (κ1) is 14.8. The second kappa shape index (κ2) is 5.82. The topological polar surface area (TPSA) is 67.5 Å². The molecular formula is C16H22N2O2. The summed E-state index contributed by atoms with van der Waals surface area (Å²) in [6.07, 6.45) is 3.16. The lowest BCUT2D eigenvalue weighted by atomic mass is 9.99. The molecule has 1 aliphatic carbocycles. The van der Waals surface area contributed by atoms with Gasteiger partial charge in [0.05, 0.1) is 23.3 Å². The average Bonchev–Trinajstić information content (AvgIpc) is 2.84. The number of likely N-dealkylation sites (N-methyl/N-ethyl adjacent to an activating group) is 1. The summed E-state index contributed by atoms with van der Waals surface area (Å²) in [6.45, 7) is 2.24. The Kier molecular flexibility index (Phi) is 4.32. The van der Waals surface area contributed by atoms with Crippen LogP contribution in [0.25, 0.3) is 0 Å². The van der Waals surface area contributed by atoms with Crippen molar-refractivity contribution in [2.75, 3.05) is 18.5 Å². The Morgan fingerprint density at radius 2 is 2.05 bits per heavy atom. The number of anilines is 1. The highest BCUT2D eigenvalue weighted by Gasteiger charge is 2.32. The molecule has 0 amide bonds. The zero-order valence-electron chi connectivity index (χ0n) is 12.1. The first-order valence-electron chi connectivity index (χ1n) is 7.11. The van der Waals surface area contributed by atoms with Gasteiger partial charge in [-0.3, -0.25) is 0 Å². The van der Waals surface area contributed by atoms with Crippen molar-refractivity contribution in [3.05, 3.63) is 29.3 Å². The van der Waals surface area contributed by atoms with Gasteiger partial charge in [0.2, 0.25) is 0 Å². The van der Waals surface area contributed by atoms with Crippen LogP contribution in [-0.2, 0) is 0 Å². The number of rotatable bonds is 4. The lowest BCUT2D eigenvalue weighted by Crippen LogP contribution is -2.39. The zero-order chi connectivity index (χ0) is 14.8. The smallest absolute Gasteiger partial charge is 0.0992 e. The third-order valence-electron chi connectivity index (χ3n) is 4.09. The van der Waals surface area contributed by atoms with Crippen LogP contribution in [0, 0.1) is 11.3 Å². The van der Waals surface area contributed by atoms with E-state index >= 15 is 0 Å². The van der Waals surface area contributed by atoms with E-state index in [1.54, 1.807) is 25.1 Å². The van der Waals surface area contributed by atoms with Crippen LogP contribution in [0.1, 0.15) is 49.8 Å². The van der Waals surface area contributed by atoms with Crippen molar-refractivity contribution in [1.82, 2.24) is 0 Å². The van der Waals surface area contributed by atoms with E-state index in [1.165, 1.54) is 0 Å². The van der Waals surface area contributed by atoms with E-state index < -0.39 is 11.7 Å². The normalized spacial score (nSPS) is 18.6. The fourth-order valence-electron chi connectivity index (χ4n) is 3.01. The molecule has 20 heavy (non-hydrogen) atoms. The SMILES string of the molecule is C[C@@H](O)c1ccc(C#N)cc1N(C)CC1(O)CCCC1. The summed E-state index contributed by atoms with van der Waals surface area (Å²) in [5, 5.41) is 29.4. The minimum Gasteiger partial charge on any atom is -0.389 e. The van der Waals surface area contributed by atoms with Gasteiger partial charge in [0.25, 0.3) is 0 Å². The molecule has 2 N–H and O–H groups in total. The Morgan fingerprint density at radius 3 is 2.60 bits per heavy atom. The summed E-state index contributed by atoms with van der Waals surface area (Å²) in [4.78, 5) is 1.95. The monoisotopic (exact) mass is 274 g/mol. The van der Waals surface area contributed by atoms with E-state index in [0.29, 0.717) is 12.1 Å². The highest BCUT2D eigenvalue weighted by molar-refractivity contribution is 5.58. The van der Waals surface area contributed by atoms with Gasteiger partial charge in [-0.15, -0.1) is 0 Å². The predicted molar refractivity (Wildman–Crippen MR) is 78.5 cm³/mol. The molecule has 0 heterocycles. The minimum absolute atomic E-state index is 0.529. The van der Waals surface area contributed by atoms with Gasteiger partial charge in [0, 0.05) is 24.8 Å². The molecule has 2 rings (SSSR count). The van der Waals surface area contributed by atoms with Gasteiger partial charge in [-0.2, -0.15) is 5.26 Å². The summed E-state index contributed by atoms with van der Waals surface area (Å²) >= 11 is 0. The molecule has 0 spiro atoms. The molecule has 0 saturated heterocycles. The van der Waals surface area contributed by atoms with Crippen LogP contribution in [0.4, 0.5) is 5.69 Å². The fourth-order valence-corrected chi connectivity index (χ4v) is 3.01. The highest BCUT2D eigenvalue weighted by Crippen LogP contribution is 2.33. The van der Waals surface area contributed by atoms with Crippen molar-refractivity contribution in [1.29, 1.82) is 5.26 Å². The molecule has 4 nitrogen and oxygen atoms in total. The van der Waals surface area contributed by atoms with Gasteiger partial charge < -0.3 is 15.1 Å². The minimum atomic E-state index is -0.645. The van der Waals surface area contributed by atoms with Crippen molar-refractivity contribution in [3.63, 3.8) is 0 Å². The van der Waals surface area contributed by atoms with Crippen molar-refractivity contribution < 1.29 is 10.2 Å². The van der Waals surface area contributed by atoms with Gasteiger partial charge in [-0.05, 0) is 31.9 Å². The van der Waals surface area contributed by atoms with Crippen LogP contribution >= 0.6 is 0 Å². The first-order valence-corrected chi connectivity index (χ1v) is 7.11. The number of nitriles is 1. The predicted octanol–water partition coefficient (Wildman–Crippen LogP) is 2.35. The number of aliphatic hydroxyl groups excluding tert-OH is 1. The van der Waals surface area contributed by atoms with Crippen LogP contribution in [0.3, 0.4) is 0 Å². The third-order valence-corrected chi connectivity index (χ3v) is 4.09. The summed E-state index contributed by atoms with van der Waals surface area (Å²) in [7, 11) is 1.90. The number of aliphatic hydroxyl groups is 2. The van der Waals surface area contributed by atoms with E-state index in [4.69, 9.17) is 5.26 Å². The standard InChI is InChI=1S/C16H22N2O2/c1-12(19)14-6-5-13(10-17)9-15(14)18(2)11-16(20)7-3-4-8-16/h5-6,9,12,19-20H,3-4,7-8,11H2,1-2H3/t12-/m1/s1. The molecule has 108 valence electrons. The zero-order valence-corrected chi connectivity index (χ0v) is 12.1. The molecule has 1 saturated carbocycles. The number of hydrogen-bond donors (Lipinski definition) is 2. The summed E-state index contributed by atoms with van der Waals surface area (Å²) in [6, 6.07) is 7.40. The quantitative estimate of drug-likeness (QED) is 0.884. The van der Waals surface area contributed by atoms with Gasteiger partial charge >= 0.3 is 0 Å². The van der Waals surface area contributed by atoms with E-state index in [-0.39, 0.29) is 0 Å². The fraction of sp³-hybridized carbons (Fsp3) is 0.562. The molecule has 0 aromatic heterocycles. The van der Waals surface area contributed by atoms with Crippen LogP contribution in [-0.4, -0.2) is 29.4 Å². The maximum absolute atomic E-state index is 10.5. The van der Waals surface area contributed by atoms with Crippen LogP contribution in [0.2, 0.25) is 0 Å². The highest BCUT2D eigenvalue weighted by atomic mass is 16.3. The molecule has 0 aliphatic heterocycles. The maximum Gasteiger partial charge on any atom is 0.0992 e. The molecule has 0 unspecified atom stereocenters. The van der Waals surface area contributed by atoms with Gasteiger partial charge in [0.15, 0.2) is 0 Å². The largest absolute Gasteiger partial charge is 0.389 e. The molecule has 0 radical (unpaired) electrons. The second-order valence-corrected chi connectivity index (χ2v) is 5.85. The van der Waals surface area contributed by atoms with E-state index in [2.05, 4.69) is 6.07 Å². The van der Waals surface area contributed by atoms with Crippen molar-refractivity contribution >= 4 is 5.69 Å². The Balaban J connectivity index is 2.27. The third kappa shape index (κ3) is 3.12. The van der Waals surface area contributed by atoms with Crippen molar-refractivity contribution in [3.8, 4) is 6.07 Å². The van der Waals surface area contributed by atoms with Gasteiger partial charge in [0.1, 0.15) is 0 Å². The molecule has 0 bridgehead atoms. The molecule has 1 aliphatic rings. The Hall–Kier alpha value is -1.57. The summed E-state index contributed by atoms with van der Waals surface area (Å²) in [5.41, 5.74) is 1.52. The van der Waals surface area contributed by atoms with Crippen molar-refractivity contribution in [2.45, 2.75) is 44.3 Å². The summed E-state index contributed by atoms with van der Waals surface area (Å²) in [5.74, 6) is 0. The van der Waals surface area contributed by atoms with Gasteiger partial charge in [-0.1, -0.05) is 18.9 Å². The van der Waals surface area contributed by atoms with E-state index in [1.807, 2.05) is 11.9 Å². The van der Waals surface area contributed by atoms with E-state index in [9.17, 15) is 10.2 Å². The second-order valence-electron chi connectivity index (χ2n) is 5.85. The van der Waals surface area contributed by atoms with Crippen molar-refractivity contribution in [2.24, 2.45) is 0 Å². The maximum atomic E-state index is 10.5. The molecule has 1 fully saturated rings. The molecule has 1 aromatic carbocycles. The lowest BCUT2D eigenvalue weighted by Gasteiger charge is -2.31. The van der Waals surface area contributed by atoms with Crippen LogP contribution in [0.5, 0.6) is 0 Å². The number of benzene rings is 1. The first-order chi connectivity index (χ1) is 9.45. The molecule has 1 atom stereocenters. The molecule has 4 heteroatoms. The Morgan fingerprint density at radius 1 is 1.40 bits per heavy atom. The average molecular weight is 274 g/mol. The van der Waals surface area contributed by atoms with Crippen LogP contribution < -0.4 is 4.90 Å². The summed E-state index contributed by atoms with van der Waals surface area (Å²) < 4.78 is 0. The molecular weight excluding hydrogens is 252 g/mol. The molecule has 1 aromatic rings.